The number of nitrogens with one attached hydrogen (secondary N) is 2. The van der Waals surface area contributed by atoms with Crippen molar-refractivity contribution in [3.05, 3.63) is 36.6 Å². The molecule has 1 aliphatic rings. The Morgan fingerprint density at radius 2 is 1.80 bits per heavy atom. The molecular weight excluding hydrogens is 256 g/mol. The lowest BCUT2D eigenvalue weighted by atomic mass is 10.1. The summed E-state index contributed by atoms with van der Waals surface area (Å²) in [6.45, 7) is 12.5. The zero-order valence-electron chi connectivity index (χ0n) is 12.3. The van der Waals surface area contributed by atoms with Crippen molar-refractivity contribution in [1.29, 1.82) is 0 Å². The maximum atomic E-state index is 12.0. The predicted octanol–water partition coefficient (Wildman–Crippen LogP) is 2.42. The first-order valence-corrected chi connectivity index (χ1v) is 6.57. The number of ether oxygens (including phenoxy) is 1. The normalized spacial score (nSPS) is 15.8. The molecule has 20 heavy (non-hydrogen) atoms. The number of allylic oxidation sites excluding steroid dienone is 1. The molecule has 1 saturated carbocycles. The van der Waals surface area contributed by atoms with Gasteiger partial charge in [0, 0.05) is 6.04 Å². The van der Waals surface area contributed by atoms with Crippen LogP contribution in [0.15, 0.2) is 36.6 Å². The van der Waals surface area contributed by atoms with Crippen molar-refractivity contribution in [3.8, 4) is 0 Å². The highest BCUT2D eigenvalue weighted by Crippen LogP contribution is 2.20. The second-order valence-corrected chi connectivity index (χ2v) is 5.61. The van der Waals surface area contributed by atoms with E-state index in [0.717, 1.165) is 12.8 Å². The average molecular weight is 278 g/mol. The van der Waals surface area contributed by atoms with Gasteiger partial charge in [-0.2, -0.15) is 0 Å². The highest BCUT2D eigenvalue weighted by atomic mass is 16.6. The van der Waals surface area contributed by atoms with Crippen molar-refractivity contribution < 1.29 is 14.3 Å². The standard InChI is InChI=1S/C15H22N2O3/c1-6-11(13(18)16-10-8-9-10)12(7-2)17-14(19)20-15(3,4)5/h6-7,10H,1-2,8-9H2,3-5H3,(H,16,18)(H,17,19)/b12-11-. The van der Waals surface area contributed by atoms with Crippen LogP contribution < -0.4 is 10.6 Å². The Bertz CT molecular complexity index is 454. The van der Waals surface area contributed by atoms with E-state index in [1.54, 1.807) is 20.8 Å². The zero-order valence-corrected chi connectivity index (χ0v) is 12.3. The summed E-state index contributed by atoms with van der Waals surface area (Å²) in [5.41, 5.74) is -0.0498. The fraction of sp³-hybridized carbons (Fsp3) is 0.467. The number of hydrogen-bond donors (Lipinski definition) is 2. The van der Waals surface area contributed by atoms with Gasteiger partial charge in [-0.3, -0.25) is 10.1 Å². The van der Waals surface area contributed by atoms with Crippen LogP contribution in [0, 0.1) is 0 Å². The summed E-state index contributed by atoms with van der Waals surface area (Å²) in [4.78, 5) is 23.7. The zero-order chi connectivity index (χ0) is 15.3. The highest BCUT2D eigenvalue weighted by Gasteiger charge is 2.25. The molecular formula is C15H22N2O3. The van der Waals surface area contributed by atoms with Crippen molar-refractivity contribution in [2.75, 3.05) is 0 Å². The summed E-state index contributed by atoms with van der Waals surface area (Å²) >= 11 is 0. The second kappa shape index (κ2) is 6.41. The fourth-order valence-electron chi connectivity index (χ4n) is 1.46. The molecule has 0 radical (unpaired) electrons. The molecule has 5 nitrogen and oxygen atoms in total. The molecule has 5 heteroatoms. The lowest BCUT2D eigenvalue weighted by Gasteiger charge is -2.20. The summed E-state index contributed by atoms with van der Waals surface area (Å²) in [6, 6.07) is 0.227. The summed E-state index contributed by atoms with van der Waals surface area (Å²) < 4.78 is 5.14. The van der Waals surface area contributed by atoms with Gasteiger partial charge in [0.2, 0.25) is 0 Å². The Hall–Kier alpha value is -2.04. The van der Waals surface area contributed by atoms with Gasteiger partial charge >= 0.3 is 6.09 Å². The maximum absolute atomic E-state index is 12.0. The van der Waals surface area contributed by atoms with E-state index in [-0.39, 0.29) is 23.2 Å². The van der Waals surface area contributed by atoms with Gasteiger partial charge in [0.05, 0.1) is 11.3 Å². The molecule has 0 saturated heterocycles. The molecule has 0 aliphatic heterocycles. The van der Waals surface area contributed by atoms with Crippen LogP contribution in [0.25, 0.3) is 0 Å². The molecule has 0 aromatic carbocycles. The molecule has 0 aromatic heterocycles. The first kappa shape index (κ1) is 16.0. The number of carbonyl (C=O) groups excluding carboxylic acids is 2. The van der Waals surface area contributed by atoms with Crippen molar-refractivity contribution in [2.45, 2.75) is 45.3 Å². The van der Waals surface area contributed by atoms with E-state index in [4.69, 9.17) is 4.74 Å². The van der Waals surface area contributed by atoms with Gasteiger partial charge in [0.15, 0.2) is 0 Å². The van der Waals surface area contributed by atoms with Gasteiger partial charge in [-0.05, 0) is 39.7 Å². The lowest BCUT2D eigenvalue weighted by molar-refractivity contribution is -0.117. The molecule has 0 unspecified atom stereocenters. The van der Waals surface area contributed by atoms with E-state index in [1.165, 1.54) is 12.2 Å². The average Bonchev–Trinajstić information content (AvgIpc) is 3.09. The molecule has 1 fully saturated rings. The highest BCUT2D eigenvalue weighted by molar-refractivity contribution is 5.98. The lowest BCUT2D eigenvalue weighted by Crippen LogP contribution is -2.34. The van der Waals surface area contributed by atoms with E-state index < -0.39 is 11.7 Å². The van der Waals surface area contributed by atoms with Crippen molar-refractivity contribution in [1.82, 2.24) is 10.6 Å². The van der Waals surface area contributed by atoms with Gasteiger partial charge in [0.1, 0.15) is 5.60 Å². The molecule has 0 bridgehead atoms. The molecule has 0 atom stereocenters. The summed E-state index contributed by atoms with van der Waals surface area (Å²) in [5.74, 6) is -0.270. The summed E-state index contributed by atoms with van der Waals surface area (Å²) in [5, 5.41) is 5.35. The topological polar surface area (TPSA) is 67.4 Å². The van der Waals surface area contributed by atoms with E-state index in [9.17, 15) is 9.59 Å². The Morgan fingerprint density at radius 3 is 2.20 bits per heavy atom. The first-order valence-electron chi connectivity index (χ1n) is 6.57. The Labute approximate surface area is 119 Å². The molecule has 0 spiro atoms. The smallest absolute Gasteiger partial charge is 0.412 e. The van der Waals surface area contributed by atoms with E-state index in [1.807, 2.05) is 0 Å². The molecule has 2 N–H and O–H groups in total. The van der Waals surface area contributed by atoms with Crippen LogP contribution in [0.5, 0.6) is 0 Å². The van der Waals surface area contributed by atoms with Crippen LogP contribution >= 0.6 is 0 Å². The number of alkyl carbamates (subject to hydrolysis) is 1. The van der Waals surface area contributed by atoms with E-state index in [2.05, 4.69) is 23.8 Å². The quantitative estimate of drug-likeness (QED) is 0.599. The molecule has 2 amide bonds. The summed E-state index contributed by atoms with van der Waals surface area (Å²) in [7, 11) is 0. The number of amides is 2. The Kier molecular flexibility index (Phi) is 5.13. The fourth-order valence-corrected chi connectivity index (χ4v) is 1.46. The number of rotatable bonds is 5. The monoisotopic (exact) mass is 278 g/mol. The van der Waals surface area contributed by atoms with Gasteiger partial charge in [-0.15, -0.1) is 0 Å². The minimum Gasteiger partial charge on any atom is -0.444 e. The molecule has 0 aromatic rings. The molecule has 1 rings (SSSR count). The largest absolute Gasteiger partial charge is 0.444 e. The molecule has 110 valence electrons. The third-order valence-corrected chi connectivity index (χ3v) is 2.49. The molecule has 1 aliphatic carbocycles. The first-order chi connectivity index (χ1) is 9.26. The van der Waals surface area contributed by atoms with Crippen LogP contribution in [0.3, 0.4) is 0 Å². The number of hydrogen-bond acceptors (Lipinski definition) is 3. The van der Waals surface area contributed by atoms with Crippen LogP contribution in [-0.4, -0.2) is 23.6 Å². The van der Waals surface area contributed by atoms with Crippen LogP contribution in [-0.2, 0) is 9.53 Å². The van der Waals surface area contributed by atoms with Gasteiger partial charge in [0.25, 0.3) is 5.91 Å². The SMILES string of the molecule is C=C/C(NC(=O)OC(C)(C)C)=C(\C=C)C(=O)NC1CC1. The van der Waals surface area contributed by atoms with E-state index >= 15 is 0 Å². The maximum Gasteiger partial charge on any atom is 0.412 e. The van der Waals surface area contributed by atoms with Crippen molar-refractivity contribution in [2.24, 2.45) is 0 Å². The van der Waals surface area contributed by atoms with Crippen LogP contribution in [0.2, 0.25) is 0 Å². The van der Waals surface area contributed by atoms with Gasteiger partial charge in [-0.1, -0.05) is 19.2 Å². The van der Waals surface area contributed by atoms with E-state index in [0.29, 0.717) is 0 Å². The van der Waals surface area contributed by atoms with Crippen LogP contribution in [0.1, 0.15) is 33.6 Å². The van der Waals surface area contributed by atoms with Gasteiger partial charge < -0.3 is 10.1 Å². The van der Waals surface area contributed by atoms with Gasteiger partial charge in [-0.25, -0.2) is 4.79 Å². The number of carbonyl (C=O) groups is 2. The Morgan fingerprint density at radius 1 is 1.20 bits per heavy atom. The third-order valence-electron chi connectivity index (χ3n) is 2.49. The van der Waals surface area contributed by atoms with Crippen LogP contribution in [0.4, 0.5) is 4.79 Å². The predicted molar refractivity (Wildman–Crippen MR) is 78.0 cm³/mol. The minimum absolute atomic E-state index is 0.227. The Balaban J connectivity index is 2.80. The third kappa shape index (κ3) is 5.30. The minimum atomic E-state index is -0.633. The summed E-state index contributed by atoms with van der Waals surface area (Å²) in [6.07, 6.45) is 4.13. The molecule has 0 heterocycles. The second-order valence-electron chi connectivity index (χ2n) is 5.61. The van der Waals surface area contributed by atoms with Crippen molar-refractivity contribution in [3.63, 3.8) is 0 Å². The van der Waals surface area contributed by atoms with Crippen molar-refractivity contribution >= 4 is 12.0 Å².